The van der Waals surface area contributed by atoms with Gasteiger partial charge in [0.1, 0.15) is 11.4 Å². The maximum absolute atomic E-state index is 12.5. The van der Waals surface area contributed by atoms with Gasteiger partial charge in [-0.2, -0.15) is 0 Å². The Bertz CT molecular complexity index is 1040. The van der Waals surface area contributed by atoms with Gasteiger partial charge in [-0.3, -0.25) is 9.36 Å². The number of aryl methyl sites for hydroxylation is 1. The molecule has 7 nitrogen and oxygen atoms in total. The van der Waals surface area contributed by atoms with Crippen LogP contribution in [0.5, 0.6) is 0 Å². The zero-order valence-electron chi connectivity index (χ0n) is 18.5. The van der Waals surface area contributed by atoms with E-state index in [1.54, 1.807) is 20.8 Å². The molecule has 3 rings (SSSR count). The van der Waals surface area contributed by atoms with Crippen molar-refractivity contribution in [2.75, 3.05) is 6.54 Å². The highest BCUT2D eigenvalue weighted by Crippen LogP contribution is 2.22. The molecule has 1 atom stereocenters. The minimum Gasteiger partial charge on any atom is -0.444 e. The number of ether oxygens (including phenoxy) is 1. The summed E-state index contributed by atoms with van der Waals surface area (Å²) in [4.78, 5) is 29.0. The van der Waals surface area contributed by atoms with Crippen molar-refractivity contribution in [1.82, 2.24) is 20.2 Å². The van der Waals surface area contributed by atoms with Crippen molar-refractivity contribution >= 4 is 23.0 Å². The van der Waals surface area contributed by atoms with Crippen LogP contribution in [0, 0.1) is 0 Å². The number of carbonyl (C=O) groups excluding carboxylic acids is 2. The fourth-order valence-corrected chi connectivity index (χ4v) is 3.28. The van der Waals surface area contributed by atoms with Gasteiger partial charge in [-0.1, -0.05) is 30.3 Å². The third-order valence-corrected chi connectivity index (χ3v) is 4.58. The maximum atomic E-state index is 12.5. The van der Waals surface area contributed by atoms with E-state index in [1.807, 2.05) is 61.5 Å². The molecular formula is C24H30N4O3. The quantitative estimate of drug-likeness (QED) is 0.603. The summed E-state index contributed by atoms with van der Waals surface area (Å²) >= 11 is 0. The number of benzene rings is 2. The molecule has 0 aliphatic heterocycles. The molecule has 0 bridgehead atoms. The highest BCUT2D eigenvalue weighted by molar-refractivity contribution is 5.79. The molecule has 2 amide bonds. The monoisotopic (exact) mass is 422 g/mol. The number of hydrogen-bond acceptors (Lipinski definition) is 4. The Morgan fingerprint density at radius 3 is 2.45 bits per heavy atom. The van der Waals surface area contributed by atoms with E-state index in [1.165, 1.54) is 0 Å². The predicted octanol–water partition coefficient (Wildman–Crippen LogP) is 3.99. The summed E-state index contributed by atoms with van der Waals surface area (Å²) in [6.07, 6.45) is 0.305. The third-order valence-electron chi connectivity index (χ3n) is 4.58. The number of aromatic nitrogens is 2. The van der Waals surface area contributed by atoms with Gasteiger partial charge in [0.2, 0.25) is 5.91 Å². The molecule has 0 unspecified atom stereocenters. The highest BCUT2D eigenvalue weighted by Gasteiger charge is 2.18. The van der Waals surface area contributed by atoms with Gasteiger partial charge in [0, 0.05) is 31.1 Å². The molecule has 7 heteroatoms. The molecule has 0 radical (unpaired) electrons. The lowest BCUT2D eigenvalue weighted by molar-refractivity contribution is -0.121. The van der Waals surface area contributed by atoms with Gasteiger partial charge in [-0.25, -0.2) is 9.78 Å². The van der Waals surface area contributed by atoms with Crippen molar-refractivity contribution in [3.63, 3.8) is 0 Å². The topological polar surface area (TPSA) is 85.2 Å². The van der Waals surface area contributed by atoms with E-state index in [0.29, 0.717) is 19.4 Å². The molecule has 1 heterocycles. The van der Waals surface area contributed by atoms with Crippen molar-refractivity contribution < 1.29 is 14.3 Å². The number of rotatable bonds is 7. The van der Waals surface area contributed by atoms with Crippen LogP contribution in [-0.2, 0) is 16.0 Å². The van der Waals surface area contributed by atoms with Crippen LogP contribution in [-0.4, -0.2) is 39.7 Å². The van der Waals surface area contributed by atoms with Crippen LogP contribution in [0.1, 0.15) is 39.9 Å². The Morgan fingerprint density at radius 2 is 1.74 bits per heavy atom. The molecule has 0 spiro atoms. The van der Waals surface area contributed by atoms with E-state index < -0.39 is 11.7 Å². The van der Waals surface area contributed by atoms with Gasteiger partial charge in [-0.05, 0) is 52.0 Å². The first kappa shape index (κ1) is 22.3. The first-order valence-electron chi connectivity index (χ1n) is 10.5. The lowest BCUT2D eigenvalue weighted by Gasteiger charge is -2.21. The lowest BCUT2D eigenvalue weighted by Crippen LogP contribution is -2.43. The van der Waals surface area contributed by atoms with Crippen LogP contribution in [0.25, 0.3) is 16.7 Å². The average molecular weight is 423 g/mol. The van der Waals surface area contributed by atoms with Crippen molar-refractivity contribution in [3.05, 3.63) is 60.4 Å². The SMILES string of the molecule is C[C@@H](CNC(=O)OC(C)(C)C)NC(=O)CCc1nc2ccccc2n1-c1ccccc1. The van der Waals surface area contributed by atoms with E-state index in [2.05, 4.69) is 15.2 Å². The van der Waals surface area contributed by atoms with E-state index >= 15 is 0 Å². The predicted molar refractivity (Wildman–Crippen MR) is 121 cm³/mol. The number of alkyl carbamates (subject to hydrolysis) is 1. The summed E-state index contributed by atoms with van der Waals surface area (Å²) in [6, 6.07) is 17.7. The zero-order valence-corrected chi connectivity index (χ0v) is 18.5. The largest absolute Gasteiger partial charge is 0.444 e. The molecule has 0 saturated carbocycles. The molecular weight excluding hydrogens is 392 g/mol. The number of imidazole rings is 1. The van der Waals surface area contributed by atoms with Gasteiger partial charge in [0.15, 0.2) is 0 Å². The van der Waals surface area contributed by atoms with Crippen molar-refractivity contribution in [1.29, 1.82) is 0 Å². The van der Waals surface area contributed by atoms with Gasteiger partial charge >= 0.3 is 6.09 Å². The van der Waals surface area contributed by atoms with Crippen molar-refractivity contribution in [2.45, 2.75) is 52.2 Å². The maximum Gasteiger partial charge on any atom is 0.407 e. The third kappa shape index (κ3) is 6.31. The second kappa shape index (κ2) is 9.64. The summed E-state index contributed by atoms with van der Waals surface area (Å²) in [5.74, 6) is 0.743. The lowest BCUT2D eigenvalue weighted by atomic mass is 10.2. The number of nitrogens with one attached hydrogen (secondary N) is 2. The summed E-state index contributed by atoms with van der Waals surface area (Å²) in [6.45, 7) is 7.55. The Kier molecular flexibility index (Phi) is 6.95. The number of nitrogens with zero attached hydrogens (tertiary/aromatic N) is 2. The van der Waals surface area contributed by atoms with Crippen LogP contribution >= 0.6 is 0 Å². The Hall–Kier alpha value is -3.35. The molecule has 0 aliphatic rings. The second-order valence-electron chi connectivity index (χ2n) is 8.54. The number of amides is 2. The molecule has 0 saturated heterocycles. The molecule has 0 fully saturated rings. The zero-order chi connectivity index (χ0) is 22.4. The molecule has 164 valence electrons. The number of carbonyl (C=O) groups is 2. The Balaban J connectivity index is 1.60. The van der Waals surface area contributed by atoms with Gasteiger partial charge in [-0.15, -0.1) is 0 Å². The second-order valence-corrected chi connectivity index (χ2v) is 8.54. The fourth-order valence-electron chi connectivity index (χ4n) is 3.28. The van der Waals surface area contributed by atoms with E-state index in [-0.39, 0.29) is 11.9 Å². The van der Waals surface area contributed by atoms with Gasteiger partial charge in [0.25, 0.3) is 0 Å². The number of fused-ring (bicyclic) bond motifs is 1. The van der Waals surface area contributed by atoms with E-state index in [9.17, 15) is 9.59 Å². The van der Waals surface area contributed by atoms with Crippen molar-refractivity contribution in [2.24, 2.45) is 0 Å². The normalized spacial score (nSPS) is 12.4. The summed E-state index contributed by atoms with van der Waals surface area (Å²) < 4.78 is 7.30. The number of para-hydroxylation sites is 3. The van der Waals surface area contributed by atoms with Gasteiger partial charge < -0.3 is 15.4 Å². The molecule has 0 aliphatic carbocycles. The van der Waals surface area contributed by atoms with Crippen LogP contribution in [0.2, 0.25) is 0 Å². The average Bonchev–Trinajstić information content (AvgIpc) is 3.08. The minimum atomic E-state index is -0.555. The molecule has 1 aromatic heterocycles. The highest BCUT2D eigenvalue weighted by atomic mass is 16.6. The van der Waals surface area contributed by atoms with E-state index in [0.717, 1.165) is 22.5 Å². The van der Waals surface area contributed by atoms with Crippen LogP contribution < -0.4 is 10.6 Å². The minimum absolute atomic E-state index is 0.0924. The Morgan fingerprint density at radius 1 is 1.06 bits per heavy atom. The fraction of sp³-hybridized carbons (Fsp3) is 0.375. The van der Waals surface area contributed by atoms with Crippen LogP contribution in [0.4, 0.5) is 4.79 Å². The van der Waals surface area contributed by atoms with E-state index in [4.69, 9.17) is 9.72 Å². The first-order chi connectivity index (χ1) is 14.7. The summed E-state index contributed by atoms with van der Waals surface area (Å²) in [7, 11) is 0. The van der Waals surface area contributed by atoms with Gasteiger partial charge in [0.05, 0.1) is 11.0 Å². The van der Waals surface area contributed by atoms with Crippen molar-refractivity contribution in [3.8, 4) is 5.69 Å². The molecule has 31 heavy (non-hydrogen) atoms. The smallest absolute Gasteiger partial charge is 0.407 e. The first-order valence-corrected chi connectivity index (χ1v) is 10.5. The van der Waals surface area contributed by atoms with Crippen LogP contribution in [0.3, 0.4) is 0 Å². The number of hydrogen-bond donors (Lipinski definition) is 2. The summed E-state index contributed by atoms with van der Waals surface area (Å²) in [5, 5.41) is 5.59. The van der Waals surface area contributed by atoms with Crippen LogP contribution in [0.15, 0.2) is 54.6 Å². The summed E-state index contributed by atoms with van der Waals surface area (Å²) in [5.41, 5.74) is 2.37. The molecule has 2 N–H and O–H groups in total. The standard InChI is InChI=1S/C24H30N4O3/c1-17(16-25-23(30)31-24(2,3)4)26-22(29)15-14-21-27-19-12-8-9-13-20(19)28(21)18-10-6-5-7-11-18/h5-13,17H,14-16H2,1-4H3,(H,25,30)(H,26,29)/t17-/m0/s1. The molecule has 2 aromatic carbocycles. The molecule has 3 aromatic rings. The Labute approximate surface area is 182 Å².